The molecule has 1 atom stereocenters. The third-order valence-electron chi connectivity index (χ3n) is 7.27. The highest BCUT2D eigenvalue weighted by molar-refractivity contribution is 6.11. The van der Waals surface area contributed by atoms with Crippen molar-refractivity contribution in [2.24, 2.45) is 5.92 Å². The van der Waals surface area contributed by atoms with Crippen LogP contribution in [-0.4, -0.2) is 80.5 Å². The number of methoxy groups -OCH3 is 2. The molecule has 0 radical (unpaired) electrons. The summed E-state index contributed by atoms with van der Waals surface area (Å²) in [5, 5.41) is 5.15. The zero-order chi connectivity index (χ0) is 24.5. The lowest BCUT2D eigenvalue weighted by Gasteiger charge is -2.40. The van der Waals surface area contributed by atoms with Gasteiger partial charge in [-0.2, -0.15) is 0 Å². The minimum absolute atomic E-state index is 0.00956. The highest BCUT2D eigenvalue weighted by Crippen LogP contribution is 2.36. The van der Waals surface area contributed by atoms with Crippen molar-refractivity contribution in [2.75, 3.05) is 52.3 Å². The second kappa shape index (κ2) is 9.58. The number of carbonyl (C=O) groups excluding carboxylic acids is 3. The molecule has 3 aliphatic rings. The number of nitrogens with zero attached hydrogens (tertiary/aromatic N) is 2. The van der Waals surface area contributed by atoms with Gasteiger partial charge in [0.1, 0.15) is 17.5 Å². The Balaban J connectivity index is 1.41. The molecule has 9 heteroatoms. The number of anilines is 1. The van der Waals surface area contributed by atoms with Crippen LogP contribution in [0.1, 0.15) is 23.2 Å². The third kappa shape index (κ3) is 4.32. The number of rotatable bonds is 4. The first kappa shape index (κ1) is 23.2. The minimum Gasteiger partial charge on any atom is -0.497 e. The van der Waals surface area contributed by atoms with Crippen LogP contribution in [0.5, 0.6) is 11.5 Å². The maximum atomic E-state index is 13.6. The smallest absolute Gasteiger partial charge is 0.256 e. The average Bonchev–Trinajstić information content (AvgIpc) is 3.01. The van der Waals surface area contributed by atoms with Crippen LogP contribution in [0.15, 0.2) is 36.4 Å². The largest absolute Gasteiger partial charge is 0.497 e. The molecule has 0 unspecified atom stereocenters. The van der Waals surface area contributed by atoms with Crippen LogP contribution < -0.4 is 20.1 Å². The number of piperidine rings is 1. The fourth-order valence-electron chi connectivity index (χ4n) is 5.29. The van der Waals surface area contributed by atoms with E-state index in [1.165, 1.54) is 0 Å². The quantitative estimate of drug-likeness (QED) is 0.680. The average molecular weight is 480 g/mol. The second-order valence-corrected chi connectivity index (χ2v) is 9.25. The van der Waals surface area contributed by atoms with Crippen molar-refractivity contribution < 1.29 is 29.2 Å². The van der Waals surface area contributed by atoms with Crippen molar-refractivity contribution >= 4 is 23.4 Å². The molecule has 0 bridgehead atoms. The molecule has 2 fully saturated rings. The van der Waals surface area contributed by atoms with Crippen LogP contribution in [0.3, 0.4) is 0 Å². The molecule has 9 nitrogen and oxygen atoms in total. The summed E-state index contributed by atoms with van der Waals surface area (Å²) in [5.41, 5.74) is 2.52. The van der Waals surface area contributed by atoms with E-state index in [0.29, 0.717) is 35.8 Å². The van der Waals surface area contributed by atoms with E-state index in [0.717, 1.165) is 37.1 Å². The van der Waals surface area contributed by atoms with E-state index in [4.69, 9.17) is 9.47 Å². The van der Waals surface area contributed by atoms with Crippen molar-refractivity contribution in [3.8, 4) is 22.6 Å². The summed E-state index contributed by atoms with van der Waals surface area (Å²) in [7, 11) is 3.18. The molecule has 2 aromatic carbocycles. The number of hydrogen-bond acceptors (Lipinski definition) is 5. The Morgan fingerprint density at radius 3 is 2.54 bits per heavy atom. The summed E-state index contributed by atoms with van der Waals surface area (Å²) in [6, 6.07) is 10.2. The number of nitrogens with one attached hydrogen (secondary N) is 1. The lowest BCUT2D eigenvalue weighted by atomic mass is 9.95. The Morgan fingerprint density at radius 1 is 1.00 bits per heavy atom. The van der Waals surface area contributed by atoms with Crippen LogP contribution >= 0.6 is 0 Å². The number of hydrogen-bond donors (Lipinski definition) is 2. The Kier molecular flexibility index (Phi) is 6.34. The fourth-order valence-corrected chi connectivity index (χ4v) is 5.29. The molecule has 184 valence electrons. The lowest BCUT2D eigenvalue weighted by molar-refractivity contribution is -0.664. The molecule has 3 N–H and O–H groups in total. The summed E-state index contributed by atoms with van der Waals surface area (Å²) >= 11 is 0. The Morgan fingerprint density at radius 2 is 1.80 bits per heavy atom. The summed E-state index contributed by atoms with van der Waals surface area (Å²) in [6.45, 7) is 2.90. The maximum Gasteiger partial charge on any atom is 0.256 e. The van der Waals surface area contributed by atoms with E-state index in [-0.39, 0.29) is 30.2 Å². The first-order valence-corrected chi connectivity index (χ1v) is 12.1. The molecule has 0 spiro atoms. The normalized spacial score (nSPS) is 20.5. The molecule has 3 amide bonds. The lowest BCUT2D eigenvalue weighted by Crippen LogP contribution is -2.86. The van der Waals surface area contributed by atoms with Crippen LogP contribution in [0, 0.1) is 5.92 Å². The number of ether oxygens (including phenoxy) is 2. The number of benzene rings is 2. The number of nitrogens with two attached hydrogens (primary N) is 1. The standard InChI is InChI=1S/C26H30N4O5/c1-34-18-4-5-19(23(14-18)35-2)17-3-6-21-20(13-17)26(33)30-12-11-29(15-22(30)24(31)28-21)25(32)16-7-9-27-10-8-16/h3-6,13-14,16,22,27H,7-12,15H2,1-2H3,(H,28,31)/p+1/t22-/m1/s1. The Labute approximate surface area is 204 Å². The molecule has 2 saturated heterocycles. The number of piperazine rings is 1. The van der Waals surface area contributed by atoms with Crippen LogP contribution in [0.4, 0.5) is 5.69 Å². The topological polar surface area (TPSA) is 105 Å². The van der Waals surface area contributed by atoms with Crippen molar-refractivity contribution in [3.05, 3.63) is 42.0 Å². The van der Waals surface area contributed by atoms with E-state index in [1.54, 1.807) is 42.2 Å². The molecule has 0 saturated carbocycles. The van der Waals surface area contributed by atoms with Gasteiger partial charge < -0.3 is 29.9 Å². The van der Waals surface area contributed by atoms with Crippen molar-refractivity contribution in [1.29, 1.82) is 0 Å². The highest BCUT2D eigenvalue weighted by atomic mass is 16.5. The highest BCUT2D eigenvalue weighted by Gasteiger charge is 2.41. The predicted octanol–water partition coefficient (Wildman–Crippen LogP) is 0.949. The fraction of sp³-hybridized carbons (Fsp3) is 0.423. The van der Waals surface area contributed by atoms with Gasteiger partial charge in [0.15, 0.2) is 0 Å². The van der Waals surface area contributed by atoms with Crippen LogP contribution in [0.2, 0.25) is 0 Å². The van der Waals surface area contributed by atoms with Crippen molar-refractivity contribution in [2.45, 2.75) is 18.9 Å². The van der Waals surface area contributed by atoms with Gasteiger partial charge in [-0.1, -0.05) is 6.07 Å². The van der Waals surface area contributed by atoms with Gasteiger partial charge in [0, 0.05) is 43.5 Å². The van der Waals surface area contributed by atoms with Gasteiger partial charge in [0.25, 0.3) is 5.91 Å². The second-order valence-electron chi connectivity index (χ2n) is 9.25. The molecule has 3 aliphatic heterocycles. The molecule has 2 aromatic rings. The minimum atomic E-state index is -0.707. The molecular formula is C26H31N4O5+. The van der Waals surface area contributed by atoms with E-state index < -0.39 is 6.04 Å². The van der Waals surface area contributed by atoms with Gasteiger partial charge in [-0.05, 0) is 29.8 Å². The summed E-state index contributed by atoms with van der Waals surface area (Å²) in [4.78, 5) is 43.2. The van der Waals surface area contributed by atoms with Crippen molar-refractivity contribution in [3.63, 3.8) is 0 Å². The number of quaternary nitrogens is 1. The van der Waals surface area contributed by atoms with Crippen LogP contribution in [0.25, 0.3) is 11.1 Å². The Bertz CT molecular complexity index is 1160. The van der Waals surface area contributed by atoms with Crippen molar-refractivity contribution in [1.82, 2.24) is 9.80 Å². The zero-order valence-electron chi connectivity index (χ0n) is 20.1. The summed E-state index contributed by atoms with van der Waals surface area (Å²) in [6.07, 6.45) is 1.72. The van der Waals surface area contributed by atoms with E-state index in [2.05, 4.69) is 10.6 Å². The maximum absolute atomic E-state index is 13.6. The van der Waals surface area contributed by atoms with E-state index in [9.17, 15) is 14.4 Å². The van der Waals surface area contributed by atoms with Gasteiger partial charge in [-0.15, -0.1) is 0 Å². The van der Waals surface area contributed by atoms with Crippen LogP contribution in [-0.2, 0) is 9.59 Å². The molecule has 0 aliphatic carbocycles. The SMILES string of the molecule is COc1ccc(-c2ccc3c(c2)C(=O)N2CCN(C(=O)C4CC[NH2+]CC4)C[C@@H]2C(=O)N3)c(OC)c1. The first-order chi connectivity index (χ1) is 17.0. The summed E-state index contributed by atoms with van der Waals surface area (Å²) < 4.78 is 10.8. The molecule has 0 aromatic heterocycles. The zero-order valence-corrected chi connectivity index (χ0v) is 20.1. The molecule has 35 heavy (non-hydrogen) atoms. The van der Waals surface area contributed by atoms with Gasteiger partial charge in [-0.3, -0.25) is 14.4 Å². The first-order valence-electron chi connectivity index (χ1n) is 12.1. The van der Waals surface area contributed by atoms with E-state index in [1.807, 2.05) is 18.2 Å². The predicted molar refractivity (Wildman–Crippen MR) is 129 cm³/mol. The van der Waals surface area contributed by atoms with E-state index >= 15 is 0 Å². The molecular weight excluding hydrogens is 448 g/mol. The number of fused-ring (bicyclic) bond motifs is 2. The van der Waals surface area contributed by atoms with Gasteiger partial charge in [-0.25, -0.2) is 0 Å². The number of amides is 3. The molecule has 5 rings (SSSR count). The number of carbonyl (C=O) groups is 3. The Hall–Kier alpha value is -3.59. The van der Waals surface area contributed by atoms with Gasteiger partial charge >= 0.3 is 0 Å². The summed E-state index contributed by atoms with van der Waals surface area (Å²) in [5.74, 6) is 0.937. The molecule has 3 heterocycles. The third-order valence-corrected chi connectivity index (χ3v) is 7.27. The van der Waals surface area contributed by atoms with Gasteiger partial charge in [0.05, 0.1) is 45.1 Å². The van der Waals surface area contributed by atoms with Gasteiger partial charge in [0.2, 0.25) is 11.8 Å². The monoisotopic (exact) mass is 479 g/mol.